The molecule has 0 saturated carbocycles. The Morgan fingerprint density at radius 1 is 1.58 bits per heavy atom. The van der Waals surface area contributed by atoms with E-state index in [1.807, 2.05) is 0 Å². The normalized spacial score (nSPS) is 29.2. The Bertz CT molecular complexity index is 570. The Kier molecular flexibility index (Phi) is 3.53. The molecule has 1 aromatic rings. The number of Topliss-reactive ketones (excluding diaryl/α,β-unsaturated/α-hetero) is 1. The number of rotatable bonds is 2. The highest BCUT2D eigenvalue weighted by molar-refractivity contribution is 9.10. The number of halogens is 2. The Hall–Kier alpha value is -0.850. The summed E-state index contributed by atoms with van der Waals surface area (Å²) < 4.78 is 6.83. The molecular weight excluding hydrogens is 337 g/mol. The van der Waals surface area contributed by atoms with Gasteiger partial charge in [-0.05, 0) is 35.8 Å². The van der Waals surface area contributed by atoms with Crippen molar-refractivity contribution in [1.29, 1.82) is 0 Å². The van der Waals surface area contributed by atoms with Crippen LogP contribution in [0.2, 0.25) is 5.02 Å². The Balaban J connectivity index is 2.72. The largest absolute Gasteiger partial charge is 0.467 e. The highest BCUT2D eigenvalue weighted by Gasteiger charge is 2.59. The number of hydrogen-bond donors (Lipinski definition) is 1. The van der Waals surface area contributed by atoms with E-state index in [1.165, 1.54) is 20.1 Å². The fraction of sp³-hybridized carbons (Fsp3) is 0.500. The summed E-state index contributed by atoms with van der Waals surface area (Å²) in [6, 6.07) is 1.07. The Morgan fingerprint density at radius 2 is 2.16 bits per heavy atom. The molecule has 0 unspecified atom stereocenters. The minimum atomic E-state index is -2.00. The number of ether oxygens (including phenoxy) is 1. The molecule has 1 aliphatic rings. The van der Waals surface area contributed by atoms with Crippen LogP contribution in [0.4, 0.5) is 0 Å². The van der Waals surface area contributed by atoms with Crippen molar-refractivity contribution in [2.45, 2.75) is 25.5 Å². The molecule has 0 amide bonds. The molecule has 0 aliphatic carbocycles. The van der Waals surface area contributed by atoms with Crippen LogP contribution in [0.5, 0.6) is 0 Å². The van der Waals surface area contributed by atoms with Crippen LogP contribution in [0.15, 0.2) is 10.7 Å². The van der Waals surface area contributed by atoms with E-state index in [0.717, 1.165) is 0 Å². The molecule has 0 bridgehead atoms. The number of esters is 1. The van der Waals surface area contributed by atoms with Gasteiger partial charge < -0.3 is 14.4 Å². The summed E-state index contributed by atoms with van der Waals surface area (Å²) in [7, 11) is 1.17. The smallest absolute Gasteiger partial charge is 0.345 e. The predicted octanol–water partition coefficient (Wildman–Crippen LogP) is 2.04. The van der Waals surface area contributed by atoms with Crippen molar-refractivity contribution >= 4 is 39.3 Å². The lowest BCUT2D eigenvalue weighted by Gasteiger charge is -2.26. The summed E-state index contributed by atoms with van der Waals surface area (Å²) in [5.74, 6) is -2.05. The maximum absolute atomic E-state index is 12.0. The van der Waals surface area contributed by atoms with E-state index < -0.39 is 23.5 Å². The van der Waals surface area contributed by atoms with Gasteiger partial charge in [-0.15, -0.1) is 0 Å². The molecule has 2 heterocycles. The molecule has 7 heteroatoms. The first kappa shape index (κ1) is 14.6. The van der Waals surface area contributed by atoms with E-state index in [0.29, 0.717) is 9.63 Å². The van der Waals surface area contributed by atoms with Crippen LogP contribution in [0.25, 0.3) is 0 Å². The number of nitrogens with zero attached hydrogens (tertiary/aromatic N) is 1. The maximum Gasteiger partial charge on any atom is 0.345 e. The topological polar surface area (TPSA) is 68.5 Å². The Labute approximate surface area is 123 Å². The molecule has 19 heavy (non-hydrogen) atoms. The summed E-state index contributed by atoms with van der Waals surface area (Å²) in [5, 5.41) is 11.1. The van der Waals surface area contributed by atoms with E-state index in [-0.39, 0.29) is 11.5 Å². The van der Waals surface area contributed by atoms with E-state index in [2.05, 4.69) is 20.7 Å². The van der Waals surface area contributed by atoms with Crippen molar-refractivity contribution in [3.8, 4) is 0 Å². The summed E-state index contributed by atoms with van der Waals surface area (Å²) in [5.41, 5.74) is -1.74. The van der Waals surface area contributed by atoms with E-state index >= 15 is 0 Å². The van der Waals surface area contributed by atoms with Gasteiger partial charge in [0.2, 0.25) is 5.60 Å². The summed E-state index contributed by atoms with van der Waals surface area (Å²) >= 11 is 9.30. The van der Waals surface area contributed by atoms with E-state index in [1.54, 1.807) is 11.5 Å². The second kappa shape index (κ2) is 4.61. The molecule has 0 aromatic carbocycles. The van der Waals surface area contributed by atoms with Crippen molar-refractivity contribution < 1.29 is 19.4 Å². The Morgan fingerprint density at radius 3 is 2.63 bits per heavy atom. The van der Waals surface area contributed by atoms with Crippen molar-refractivity contribution in [2.24, 2.45) is 5.92 Å². The minimum Gasteiger partial charge on any atom is -0.467 e. The number of aliphatic hydroxyl groups is 1. The number of methoxy groups -OCH3 is 1. The molecule has 0 fully saturated rings. The van der Waals surface area contributed by atoms with Crippen molar-refractivity contribution in [3.05, 3.63) is 21.4 Å². The van der Waals surface area contributed by atoms with Gasteiger partial charge in [0.05, 0.1) is 23.7 Å². The average Bonchev–Trinajstić information content (AvgIpc) is 2.75. The molecule has 0 spiro atoms. The third kappa shape index (κ3) is 1.77. The molecule has 3 atom stereocenters. The molecule has 1 N–H and O–H groups in total. The van der Waals surface area contributed by atoms with Crippen LogP contribution in [-0.2, 0) is 19.9 Å². The lowest BCUT2D eigenvalue weighted by atomic mass is 9.81. The highest BCUT2D eigenvalue weighted by Crippen LogP contribution is 2.50. The van der Waals surface area contributed by atoms with Crippen molar-refractivity contribution in [1.82, 2.24) is 4.57 Å². The predicted molar refractivity (Wildman–Crippen MR) is 71.9 cm³/mol. The van der Waals surface area contributed by atoms with Gasteiger partial charge >= 0.3 is 5.97 Å². The van der Waals surface area contributed by atoms with E-state index in [9.17, 15) is 14.7 Å². The molecule has 0 saturated heterocycles. The van der Waals surface area contributed by atoms with Gasteiger partial charge in [-0.2, -0.15) is 0 Å². The monoisotopic (exact) mass is 349 g/mol. The third-order valence-electron chi connectivity index (χ3n) is 3.60. The van der Waals surface area contributed by atoms with Crippen molar-refractivity contribution in [2.75, 3.05) is 7.11 Å². The molecule has 1 aliphatic heterocycles. The first-order valence-corrected chi connectivity index (χ1v) is 6.81. The molecule has 104 valence electrons. The second-order valence-electron chi connectivity index (χ2n) is 4.63. The number of aromatic nitrogens is 1. The minimum absolute atomic E-state index is 0.268. The van der Waals surface area contributed by atoms with Crippen LogP contribution in [-0.4, -0.2) is 28.5 Å². The van der Waals surface area contributed by atoms with Crippen LogP contribution in [0.1, 0.15) is 25.6 Å². The SMILES string of the molecule is COC(=O)[C@]1(O)c2cc(Cl)c(Br)n2[C@H](C)[C@H]1C(C)=O. The first-order valence-electron chi connectivity index (χ1n) is 5.64. The van der Waals surface area contributed by atoms with Crippen molar-refractivity contribution in [3.63, 3.8) is 0 Å². The quantitative estimate of drug-likeness (QED) is 0.829. The van der Waals surface area contributed by atoms with Gasteiger partial charge in [0.25, 0.3) is 0 Å². The van der Waals surface area contributed by atoms with Gasteiger partial charge in [-0.3, -0.25) is 4.79 Å². The molecule has 0 radical (unpaired) electrons. The third-order valence-corrected chi connectivity index (χ3v) is 4.92. The van der Waals surface area contributed by atoms with Gasteiger partial charge in [0.1, 0.15) is 10.4 Å². The molecule has 2 rings (SSSR count). The van der Waals surface area contributed by atoms with E-state index in [4.69, 9.17) is 11.6 Å². The number of fused-ring (bicyclic) bond motifs is 1. The summed E-state index contributed by atoms with van der Waals surface area (Å²) in [6.07, 6.45) is 0. The summed E-state index contributed by atoms with van der Waals surface area (Å²) in [4.78, 5) is 23.8. The number of ketones is 1. The maximum atomic E-state index is 12.0. The number of carbonyl (C=O) groups is 2. The first-order chi connectivity index (χ1) is 8.76. The van der Waals surface area contributed by atoms with Crippen LogP contribution < -0.4 is 0 Å². The highest BCUT2D eigenvalue weighted by atomic mass is 79.9. The average molecular weight is 351 g/mol. The number of carbonyl (C=O) groups excluding carboxylic acids is 2. The fourth-order valence-corrected chi connectivity index (χ4v) is 3.66. The standard InChI is InChI=1S/C12H13BrClNO4/c1-5-9(6(2)16)12(18,11(17)19-3)8-4-7(14)10(13)15(5)8/h4-5,9,18H,1-3H3/t5-,9+,12+/m1/s1. The van der Waals surface area contributed by atoms with Gasteiger partial charge in [0.15, 0.2) is 0 Å². The molecule has 5 nitrogen and oxygen atoms in total. The number of hydrogen-bond acceptors (Lipinski definition) is 4. The lowest BCUT2D eigenvalue weighted by molar-refractivity contribution is -0.172. The zero-order valence-electron chi connectivity index (χ0n) is 10.6. The second-order valence-corrected chi connectivity index (χ2v) is 5.78. The molecule has 1 aromatic heterocycles. The van der Waals surface area contributed by atoms with Gasteiger partial charge in [-0.1, -0.05) is 11.6 Å². The lowest BCUT2D eigenvalue weighted by Crippen LogP contribution is -2.44. The van der Waals surface area contributed by atoms with Crippen LogP contribution in [0, 0.1) is 5.92 Å². The van der Waals surface area contributed by atoms with Crippen LogP contribution >= 0.6 is 27.5 Å². The zero-order chi connectivity index (χ0) is 14.5. The van der Waals surface area contributed by atoms with Gasteiger partial charge in [-0.25, -0.2) is 4.79 Å². The molecular formula is C12H13BrClNO4. The fourth-order valence-electron chi connectivity index (χ4n) is 2.84. The van der Waals surface area contributed by atoms with Gasteiger partial charge in [0, 0.05) is 6.04 Å². The zero-order valence-corrected chi connectivity index (χ0v) is 12.9. The summed E-state index contributed by atoms with van der Waals surface area (Å²) in [6.45, 7) is 3.09. The van der Waals surface area contributed by atoms with Crippen LogP contribution in [0.3, 0.4) is 0 Å².